The zero-order valence-electron chi connectivity index (χ0n) is 10.9. The van der Waals surface area contributed by atoms with Crippen molar-refractivity contribution in [3.8, 4) is 0 Å². The first-order chi connectivity index (χ1) is 9.70. The molecule has 1 aromatic heterocycles. The van der Waals surface area contributed by atoms with Crippen LogP contribution in [0, 0.1) is 0 Å². The molecular weight excluding hydrogens is 358 g/mol. The van der Waals surface area contributed by atoms with Gasteiger partial charge in [0.2, 0.25) is 0 Å². The van der Waals surface area contributed by atoms with E-state index in [9.17, 15) is 0 Å². The Morgan fingerprint density at radius 2 is 2.40 bits per heavy atom. The zero-order valence-corrected chi connectivity index (χ0v) is 14.0. The van der Waals surface area contributed by atoms with Gasteiger partial charge in [-0.05, 0) is 47.1 Å². The van der Waals surface area contributed by atoms with Crippen molar-refractivity contribution >= 4 is 39.3 Å². The van der Waals surface area contributed by atoms with Crippen molar-refractivity contribution in [2.24, 2.45) is 0 Å². The molecule has 1 aromatic carbocycles. The van der Waals surface area contributed by atoms with Gasteiger partial charge in [0.1, 0.15) is 0 Å². The smallest absolute Gasteiger partial charge is 0.0634 e. The lowest BCUT2D eigenvalue weighted by atomic mass is 10.4. The summed E-state index contributed by atoms with van der Waals surface area (Å²) in [6.45, 7) is 3.15. The monoisotopic (exact) mass is 371 g/mol. The summed E-state index contributed by atoms with van der Waals surface area (Å²) in [5.74, 6) is 0. The first kappa shape index (κ1) is 14.4. The molecule has 0 aliphatic carbocycles. The molecule has 0 amide bonds. The Kier molecular flexibility index (Phi) is 4.71. The fourth-order valence-electron chi connectivity index (χ4n) is 2.40. The summed E-state index contributed by atoms with van der Waals surface area (Å²) >= 11 is 11.5. The summed E-state index contributed by atoms with van der Waals surface area (Å²) in [6, 6.07) is 8.10. The van der Waals surface area contributed by atoms with Crippen LogP contribution in [0.15, 0.2) is 39.8 Å². The second-order valence-corrected chi connectivity index (χ2v) is 7.58. The molecule has 1 unspecified atom stereocenters. The van der Waals surface area contributed by atoms with Gasteiger partial charge in [0.25, 0.3) is 0 Å². The molecule has 0 radical (unpaired) electrons. The summed E-state index contributed by atoms with van der Waals surface area (Å²) in [7, 11) is 0. The molecule has 20 heavy (non-hydrogen) atoms. The van der Waals surface area contributed by atoms with Crippen LogP contribution < -0.4 is 0 Å². The molecule has 2 heterocycles. The highest BCUT2D eigenvalue weighted by Gasteiger charge is 2.24. The third kappa shape index (κ3) is 3.58. The zero-order chi connectivity index (χ0) is 13.9. The Hall–Kier alpha value is -0.490. The number of aromatic nitrogens is 2. The van der Waals surface area contributed by atoms with E-state index in [1.807, 2.05) is 36.2 Å². The van der Waals surface area contributed by atoms with E-state index in [0.717, 1.165) is 34.8 Å². The van der Waals surface area contributed by atoms with Gasteiger partial charge in [0, 0.05) is 28.3 Å². The summed E-state index contributed by atoms with van der Waals surface area (Å²) in [5, 5.41) is 8.53. The molecule has 3 rings (SSSR count). The minimum atomic E-state index is 0.634. The normalized spacial score (nSPS) is 19.6. The molecule has 1 aliphatic rings. The number of thioether (sulfide) groups is 1. The number of hydrogen-bond acceptors (Lipinski definition) is 3. The van der Waals surface area contributed by atoms with Crippen LogP contribution in [0.25, 0.3) is 0 Å². The van der Waals surface area contributed by atoms with Crippen molar-refractivity contribution in [1.82, 2.24) is 15.1 Å². The fourth-order valence-corrected chi connectivity index (χ4v) is 4.22. The molecular formula is C14H15BrClN3S. The largest absolute Gasteiger partial charge is 0.296 e. The second-order valence-electron chi connectivity index (χ2n) is 4.92. The van der Waals surface area contributed by atoms with Crippen LogP contribution in [-0.2, 0) is 6.54 Å². The van der Waals surface area contributed by atoms with Gasteiger partial charge in [0.05, 0.1) is 16.4 Å². The molecule has 0 saturated carbocycles. The van der Waals surface area contributed by atoms with Gasteiger partial charge in [-0.1, -0.05) is 17.7 Å². The molecule has 1 aliphatic heterocycles. The van der Waals surface area contributed by atoms with E-state index in [4.69, 9.17) is 11.6 Å². The molecule has 1 atom stereocenters. The molecule has 6 heteroatoms. The Morgan fingerprint density at radius 3 is 3.15 bits per heavy atom. The van der Waals surface area contributed by atoms with Crippen LogP contribution in [0.4, 0.5) is 0 Å². The number of H-pyrrole nitrogens is 1. The fraction of sp³-hybridized carbons (Fsp3) is 0.357. The quantitative estimate of drug-likeness (QED) is 0.873. The number of nitrogens with zero attached hydrogens (tertiary/aromatic N) is 2. The maximum absolute atomic E-state index is 6.03. The molecule has 0 bridgehead atoms. The topological polar surface area (TPSA) is 31.9 Å². The van der Waals surface area contributed by atoms with Gasteiger partial charge in [0.15, 0.2) is 0 Å². The maximum atomic E-state index is 6.03. The number of likely N-dealkylation sites (tertiary alicyclic amines) is 1. The number of rotatable bonds is 4. The van der Waals surface area contributed by atoms with Gasteiger partial charge in [-0.2, -0.15) is 5.10 Å². The summed E-state index contributed by atoms with van der Waals surface area (Å²) in [5.41, 5.74) is 1.15. The Balaban J connectivity index is 1.56. The predicted octanol–water partition coefficient (Wildman–Crippen LogP) is 4.19. The van der Waals surface area contributed by atoms with Crippen molar-refractivity contribution in [2.45, 2.75) is 23.1 Å². The van der Waals surface area contributed by atoms with Crippen molar-refractivity contribution in [3.05, 3.63) is 45.7 Å². The minimum Gasteiger partial charge on any atom is -0.296 e. The number of hydrogen-bond donors (Lipinski definition) is 1. The van der Waals surface area contributed by atoms with Crippen LogP contribution >= 0.6 is 39.3 Å². The molecule has 1 saturated heterocycles. The Labute approximate surface area is 136 Å². The summed E-state index contributed by atoms with van der Waals surface area (Å²) < 4.78 is 1.06. The second kappa shape index (κ2) is 6.52. The van der Waals surface area contributed by atoms with Crippen LogP contribution in [0.3, 0.4) is 0 Å². The molecule has 0 spiro atoms. The van der Waals surface area contributed by atoms with E-state index in [-0.39, 0.29) is 0 Å². The van der Waals surface area contributed by atoms with E-state index in [2.05, 4.69) is 37.1 Å². The van der Waals surface area contributed by atoms with E-state index >= 15 is 0 Å². The Morgan fingerprint density at radius 1 is 1.50 bits per heavy atom. The number of nitrogens with one attached hydrogen (secondary N) is 1. The lowest BCUT2D eigenvalue weighted by molar-refractivity contribution is 0.327. The lowest BCUT2D eigenvalue weighted by Crippen LogP contribution is -2.21. The first-order valence-corrected chi connectivity index (χ1v) is 8.58. The number of aromatic amines is 1. The number of halogens is 2. The van der Waals surface area contributed by atoms with Crippen molar-refractivity contribution in [2.75, 3.05) is 13.1 Å². The third-order valence-electron chi connectivity index (χ3n) is 3.38. The molecule has 2 aromatic rings. The van der Waals surface area contributed by atoms with Gasteiger partial charge >= 0.3 is 0 Å². The summed E-state index contributed by atoms with van der Waals surface area (Å²) in [6.07, 6.45) is 3.02. The molecule has 1 N–H and O–H groups in total. The van der Waals surface area contributed by atoms with Crippen LogP contribution in [0.5, 0.6) is 0 Å². The highest BCUT2D eigenvalue weighted by molar-refractivity contribution is 9.10. The minimum absolute atomic E-state index is 0.634. The molecule has 1 fully saturated rings. The van der Waals surface area contributed by atoms with Crippen LogP contribution in [0.1, 0.15) is 12.1 Å². The highest BCUT2D eigenvalue weighted by atomic mass is 79.9. The average Bonchev–Trinajstić information content (AvgIpc) is 3.01. The maximum Gasteiger partial charge on any atom is 0.0634 e. The van der Waals surface area contributed by atoms with E-state index in [1.54, 1.807) is 0 Å². The highest BCUT2D eigenvalue weighted by Crippen LogP contribution is 2.31. The number of benzene rings is 1. The Bertz CT molecular complexity index is 589. The van der Waals surface area contributed by atoms with Crippen molar-refractivity contribution in [1.29, 1.82) is 0 Å². The molecule has 3 nitrogen and oxygen atoms in total. The van der Waals surface area contributed by atoms with E-state index in [0.29, 0.717) is 5.25 Å². The predicted molar refractivity (Wildman–Crippen MR) is 87.3 cm³/mol. The SMILES string of the molecule is Clc1cccc(SC2CCN(Cc3[nH]ncc3Br)C2)c1. The van der Waals surface area contributed by atoms with Crippen LogP contribution in [-0.4, -0.2) is 33.4 Å². The van der Waals surface area contributed by atoms with Crippen LogP contribution in [0.2, 0.25) is 5.02 Å². The average molecular weight is 373 g/mol. The van der Waals surface area contributed by atoms with Gasteiger partial charge < -0.3 is 0 Å². The van der Waals surface area contributed by atoms with Crippen molar-refractivity contribution < 1.29 is 0 Å². The van der Waals surface area contributed by atoms with Gasteiger partial charge in [-0.3, -0.25) is 10.00 Å². The first-order valence-electron chi connectivity index (χ1n) is 6.53. The van der Waals surface area contributed by atoms with E-state index < -0.39 is 0 Å². The van der Waals surface area contributed by atoms with Crippen molar-refractivity contribution in [3.63, 3.8) is 0 Å². The van der Waals surface area contributed by atoms with E-state index in [1.165, 1.54) is 11.3 Å². The van der Waals surface area contributed by atoms with Gasteiger partial charge in [-0.15, -0.1) is 11.8 Å². The third-order valence-corrected chi connectivity index (χ3v) is 5.54. The molecule has 106 valence electrons. The summed E-state index contributed by atoms with van der Waals surface area (Å²) in [4.78, 5) is 3.72. The standard InChI is InChI=1S/C14H15BrClN3S/c15-13-7-17-18-14(13)9-19-5-4-12(8-19)20-11-3-1-2-10(16)6-11/h1-3,6-7,12H,4-5,8-9H2,(H,17,18). The van der Waals surface area contributed by atoms with Gasteiger partial charge in [-0.25, -0.2) is 0 Å². The lowest BCUT2D eigenvalue weighted by Gasteiger charge is -2.15.